The van der Waals surface area contributed by atoms with E-state index in [4.69, 9.17) is 23.7 Å². The zero-order valence-electron chi connectivity index (χ0n) is 22.1. The molecule has 11 nitrogen and oxygen atoms in total. The third-order valence-electron chi connectivity index (χ3n) is 7.50. The molecule has 1 aliphatic carbocycles. The van der Waals surface area contributed by atoms with Crippen LogP contribution in [-0.4, -0.2) is 38.8 Å². The molecule has 2 N–H and O–H groups in total. The van der Waals surface area contributed by atoms with Gasteiger partial charge in [0.05, 0.1) is 55.3 Å². The number of rotatable bonds is 6. The number of carbonyl (C=O) groups is 1. The summed E-state index contributed by atoms with van der Waals surface area (Å²) in [6, 6.07) is 13.4. The van der Waals surface area contributed by atoms with E-state index in [2.05, 4.69) is 10.6 Å². The van der Waals surface area contributed by atoms with Crippen LogP contribution >= 0.6 is 0 Å². The van der Waals surface area contributed by atoms with Crippen LogP contribution in [0.1, 0.15) is 35.9 Å². The minimum Gasteiger partial charge on any atom is -0.493 e. The zero-order chi connectivity index (χ0) is 28.0. The molecule has 0 spiro atoms. The molecule has 11 heteroatoms. The van der Waals surface area contributed by atoms with Crippen LogP contribution in [0.3, 0.4) is 0 Å². The molecule has 0 saturated heterocycles. The fourth-order valence-electron chi connectivity index (χ4n) is 5.63. The van der Waals surface area contributed by atoms with E-state index in [0.29, 0.717) is 57.7 Å². The summed E-state index contributed by atoms with van der Waals surface area (Å²) in [4.78, 5) is 25.7. The number of anilines is 2. The second-order valence-electron chi connectivity index (χ2n) is 9.65. The minimum absolute atomic E-state index is 0.0260. The lowest BCUT2D eigenvalue weighted by atomic mass is 9.78. The molecule has 6 rings (SSSR count). The van der Waals surface area contributed by atoms with Crippen LogP contribution in [0.15, 0.2) is 59.8 Å². The number of methoxy groups -OCH3 is 3. The van der Waals surface area contributed by atoms with Crippen LogP contribution in [0, 0.1) is 10.1 Å². The van der Waals surface area contributed by atoms with Gasteiger partial charge in [-0.2, -0.15) is 0 Å². The number of ketones is 1. The molecular formula is C29H27N3O8. The monoisotopic (exact) mass is 545 g/mol. The van der Waals surface area contributed by atoms with E-state index in [-0.39, 0.29) is 30.6 Å². The number of Topliss-reactive ketones (excluding diaryl/α,β-unsaturated/α-hetero) is 1. The Morgan fingerprint density at radius 2 is 1.60 bits per heavy atom. The Morgan fingerprint density at radius 3 is 2.25 bits per heavy atom. The zero-order valence-corrected chi connectivity index (χ0v) is 22.1. The molecule has 206 valence electrons. The molecule has 0 bridgehead atoms. The summed E-state index contributed by atoms with van der Waals surface area (Å²) < 4.78 is 27.5. The van der Waals surface area contributed by atoms with Gasteiger partial charge in [-0.15, -0.1) is 0 Å². The molecule has 0 amide bonds. The maximum absolute atomic E-state index is 14.0. The molecule has 2 aliphatic heterocycles. The number of benzene rings is 3. The van der Waals surface area contributed by atoms with Crippen LogP contribution < -0.4 is 34.3 Å². The minimum atomic E-state index is -0.797. The van der Waals surface area contributed by atoms with Crippen LogP contribution in [-0.2, 0) is 4.79 Å². The third-order valence-corrected chi connectivity index (χ3v) is 7.50. The van der Waals surface area contributed by atoms with E-state index in [1.165, 1.54) is 13.2 Å². The summed E-state index contributed by atoms with van der Waals surface area (Å²) in [6.45, 7) is -0.0260. The molecule has 40 heavy (non-hydrogen) atoms. The predicted molar refractivity (Wildman–Crippen MR) is 146 cm³/mol. The highest BCUT2D eigenvalue weighted by Crippen LogP contribution is 2.49. The summed E-state index contributed by atoms with van der Waals surface area (Å²) in [5.41, 5.74) is 3.62. The molecule has 0 fully saturated rings. The van der Waals surface area contributed by atoms with Gasteiger partial charge in [-0.1, -0.05) is 12.1 Å². The summed E-state index contributed by atoms with van der Waals surface area (Å²) in [5.74, 6) is 1.83. The van der Waals surface area contributed by atoms with Gasteiger partial charge in [0.2, 0.25) is 12.5 Å². The maximum atomic E-state index is 14.0. The molecule has 0 aromatic heterocycles. The van der Waals surface area contributed by atoms with Crippen molar-refractivity contribution < 1.29 is 33.4 Å². The average molecular weight is 546 g/mol. The van der Waals surface area contributed by atoms with Crippen molar-refractivity contribution in [3.05, 3.63) is 81.0 Å². The number of nitrogens with one attached hydrogen (secondary N) is 2. The number of nitrogens with zero attached hydrogens (tertiary/aromatic N) is 1. The van der Waals surface area contributed by atoms with Gasteiger partial charge in [-0.05, 0) is 48.2 Å². The third kappa shape index (κ3) is 4.19. The number of para-hydroxylation sites is 2. The van der Waals surface area contributed by atoms with Gasteiger partial charge >= 0.3 is 0 Å². The van der Waals surface area contributed by atoms with Crippen LogP contribution in [0.4, 0.5) is 17.1 Å². The smallest absolute Gasteiger partial charge is 0.279 e. The number of nitro groups is 1. The first-order valence-electron chi connectivity index (χ1n) is 12.7. The number of allylic oxidation sites excluding steroid dienone is 1. The van der Waals surface area contributed by atoms with Crippen molar-refractivity contribution in [3.63, 3.8) is 0 Å². The van der Waals surface area contributed by atoms with Crippen molar-refractivity contribution in [1.29, 1.82) is 0 Å². The van der Waals surface area contributed by atoms with Crippen LogP contribution in [0.2, 0.25) is 0 Å². The Morgan fingerprint density at radius 1 is 0.925 bits per heavy atom. The first kappa shape index (κ1) is 25.4. The Labute approximate surface area is 229 Å². The Balaban J connectivity index is 1.49. The van der Waals surface area contributed by atoms with E-state index in [1.54, 1.807) is 20.3 Å². The fourth-order valence-corrected chi connectivity index (χ4v) is 5.63. The van der Waals surface area contributed by atoms with Gasteiger partial charge in [0.1, 0.15) is 0 Å². The van der Waals surface area contributed by atoms with Gasteiger partial charge in [-0.3, -0.25) is 14.9 Å². The van der Waals surface area contributed by atoms with Crippen LogP contribution in [0.25, 0.3) is 0 Å². The van der Waals surface area contributed by atoms with E-state index < -0.39 is 11.0 Å². The van der Waals surface area contributed by atoms with Gasteiger partial charge in [0.25, 0.3) is 5.69 Å². The van der Waals surface area contributed by atoms with Crippen molar-refractivity contribution in [2.75, 3.05) is 38.8 Å². The molecular weight excluding hydrogens is 518 g/mol. The molecule has 0 radical (unpaired) electrons. The fraction of sp³-hybridized carbons (Fsp3) is 0.276. The average Bonchev–Trinajstić information content (AvgIpc) is 3.35. The van der Waals surface area contributed by atoms with E-state index in [9.17, 15) is 14.9 Å². The van der Waals surface area contributed by atoms with Crippen molar-refractivity contribution in [1.82, 2.24) is 0 Å². The van der Waals surface area contributed by atoms with Gasteiger partial charge in [0, 0.05) is 17.7 Å². The van der Waals surface area contributed by atoms with Gasteiger partial charge in [0.15, 0.2) is 28.8 Å². The SMILES string of the molecule is COc1cc([C@@H]2CC(=O)C3=C(C2)Nc2ccccc2N[C@H]3c2cc3c(cc2[N+](=O)[O-])OCO3)cc(OC)c1OC. The maximum Gasteiger partial charge on any atom is 0.279 e. The largest absolute Gasteiger partial charge is 0.493 e. The van der Waals surface area contributed by atoms with E-state index in [0.717, 1.165) is 11.3 Å². The first-order valence-corrected chi connectivity index (χ1v) is 12.7. The topological polar surface area (TPSA) is 130 Å². The molecule has 3 aromatic rings. The standard InChI is InChI=1S/C29H27N3O8/c1-36-25-10-16(11-26(37-2)29(25)38-3)15-8-20-27(22(33)9-15)28(31-19-7-5-4-6-18(19)30-20)17-12-23-24(40-14-39-23)13-21(17)32(34)35/h4-7,10-13,15,28,30-31H,8-9,14H2,1-3H3/t15-,28-/m0/s1. The molecule has 2 atom stereocenters. The van der Waals surface area contributed by atoms with Crippen molar-refractivity contribution >= 4 is 22.8 Å². The number of fused-ring (bicyclic) bond motifs is 2. The number of hydrogen-bond acceptors (Lipinski definition) is 10. The Bertz CT molecular complexity index is 1540. The number of hydrogen-bond donors (Lipinski definition) is 2. The molecule has 0 saturated carbocycles. The summed E-state index contributed by atoms with van der Waals surface area (Å²) in [7, 11) is 4.63. The van der Waals surface area contributed by atoms with Crippen LogP contribution in [0.5, 0.6) is 28.7 Å². The summed E-state index contributed by atoms with van der Waals surface area (Å²) >= 11 is 0. The lowest BCUT2D eigenvalue weighted by Gasteiger charge is -2.30. The molecule has 2 heterocycles. The second-order valence-corrected chi connectivity index (χ2v) is 9.65. The number of carbonyl (C=O) groups excluding carboxylic acids is 1. The highest BCUT2D eigenvalue weighted by Gasteiger charge is 2.40. The van der Waals surface area contributed by atoms with Gasteiger partial charge in [-0.25, -0.2) is 0 Å². The molecule has 3 aliphatic rings. The van der Waals surface area contributed by atoms with Crippen molar-refractivity contribution in [3.8, 4) is 28.7 Å². The highest BCUT2D eigenvalue weighted by atomic mass is 16.7. The van der Waals surface area contributed by atoms with Gasteiger partial charge < -0.3 is 34.3 Å². The molecule has 0 unspecified atom stereocenters. The Kier molecular flexibility index (Phi) is 6.33. The Hall–Kier alpha value is -4.93. The first-order chi connectivity index (χ1) is 19.4. The molecule has 3 aromatic carbocycles. The van der Waals surface area contributed by atoms with E-state index in [1.807, 2.05) is 36.4 Å². The lowest BCUT2D eigenvalue weighted by Crippen LogP contribution is -2.27. The van der Waals surface area contributed by atoms with E-state index >= 15 is 0 Å². The number of nitro benzene ring substituents is 1. The predicted octanol–water partition coefficient (Wildman–Crippen LogP) is 5.33. The summed E-state index contributed by atoms with van der Waals surface area (Å²) in [5, 5.41) is 19.0. The number of ether oxygens (including phenoxy) is 5. The quantitative estimate of drug-likeness (QED) is 0.310. The lowest BCUT2D eigenvalue weighted by molar-refractivity contribution is -0.385. The highest BCUT2D eigenvalue weighted by molar-refractivity contribution is 6.01. The summed E-state index contributed by atoms with van der Waals surface area (Å²) in [6.07, 6.45) is 0.663. The van der Waals surface area contributed by atoms with Crippen molar-refractivity contribution in [2.45, 2.75) is 24.8 Å². The van der Waals surface area contributed by atoms with Crippen molar-refractivity contribution in [2.24, 2.45) is 0 Å². The normalized spacial score (nSPS) is 19.0. The second kappa shape index (κ2) is 9.99.